The second kappa shape index (κ2) is 4.56. The van der Waals surface area contributed by atoms with Crippen molar-refractivity contribution in [1.82, 2.24) is 0 Å². The monoisotopic (exact) mass is 146 g/mol. The zero-order valence-electron chi connectivity index (χ0n) is 5.59. The van der Waals surface area contributed by atoms with Gasteiger partial charge in [-0.1, -0.05) is 18.7 Å². The molecule has 0 spiro atoms. The normalized spacial score (nSPS) is 12.7. The highest BCUT2D eigenvalue weighted by Gasteiger charge is 2.00. The van der Waals surface area contributed by atoms with Crippen molar-refractivity contribution in [3.05, 3.63) is 0 Å². The molecular formula is C6H10O2S. The van der Waals surface area contributed by atoms with Crippen molar-refractivity contribution in [3.8, 4) is 0 Å². The predicted octanol–water partition coefficient (Wildman–Crippen LogP) is 1.10. The molecule has 0 rings (SSSR count). The number of rotatable bonds is 3. The Labute approximate surface area is 59.0 Å². The van der Waals surface area contributed by atoms with Crippen molar-refractivity contribution in [1.29, 1.82) is 0 Å². The standard InChI is InChI=1S/C6H10O2S/c1-5(3-7)4-9-6(2)8/h3,5H,4H2,1-2H3. The Morgan fingerprint density at radius 1 is 1.78 bits per heavy atom. The summed E-state index contributed by atoms with van der Waals surface area (Å²) in [5.41, 5.74) is 0. The quantitative estimate of drug-likeness (QED) is 0.559. The molecule has 0 bridgehead atoms. The van der Waals surface area contributed by atoms with Gasteiger partial charge in [0.15, 0.2) is 5.12 Å². The zero-order chi connectivity index (χ0) is 7.28. The minimum absolute atomic E-state index is 0.00102. The molecule has 0 aromatic rings. The SMILES string of the molecule is CC(=O)SCC(C)C=O. The van der Waals surface area contributed by atoms with Gasteiger partial charge in [0.25, 0.3) is 0 Å². The van der Waals surface area contributed by atoms with Gasteiger partial charge in [-0.2, -0.15) is 0 Å². The Balaban J connectivity index is 3.26. The molecule has 0 amide bonds. The van der Waals surface area contributed by atoms with Crippen LogP contribution in [0, 0.1) is 5.92 Å². The summed E-state index contributed by atoms with van der Waals surface area (Å²) in [6.07, 6.45) is 0.857. The summed E-state index contributed by atoms with van der Waals surface area (Å²) in [7, 11) is 0. The van der Waals surface area contributed by atoms with Gasteiger partial charge in [0.1, 0.15) is 6.29 Å². The number of aldehydes is 1. The van der Waals surface area contributed by atoms with Crippen LogP contribution in [0.2, 0.25) is 0 Å². The van der Waals surface area contributed by atoms with E-state index in [0.29, 0.717) is 5.75 Å². The largest absolute Gasteiger partial charge is 0.303 e. The van der Waals surface area contributed by atoms with Crippen LogP contribution in [0.25, 0.3) is 0 Å². The highest BCUT2D eigenvalue weighted by molar-refractivity contribution is 8.13. The van der Waals surface area contributed by atoms with E-state index in [1.54, 1.807) is 6.92 Å². The average molecular weight is 146 g/mol. The lowest BCUT2D eigenvalue weighted by atomic mass is 10.3. The molecule has 3 heteroatoms. The molecule has 0 aliphatic heterocycles. The van der Waals surface area contributed by atoms with Crippen molar-refractivity contribution >= 4 is 23.2 Å². The van der Waals surface area contributed by atoms with E-state index in [1.807, 2.05) is 0 Å². The van der Waals surface area contributed by atoms with Crippen LogP contribution in [0.5, 0.6) is 0 Å². The third kappa shape index (κ3) is 5.56. The second-order valence-corrected chi connectivity index (χ2v) is 3.11. The van der Waals surface area contributed by atoms with Gasteiger partial charge in [0.05, 0.1) is 0 Å². The van der Waals surface area contributed by atoms with Crippen molar-refractivity contribution in [3.63, 3.8) is 0 Å². The first kappa shape index (κ1) is 8.69. The van der Waals surface area contributed by atoms with Gasteiger partial charge >= 0.3 is 0 Å². The molecule has 0 aromatic heterocycles. The Morgan fingerprint density at radius 2 is 2.33 bits per heavy atom. The summed E-state index contributed by atoms with van der Waals surface area (Å²) in [6, 6.07) is 0. The van der Waals surface area contributed by atoms with E-state index in [0.717, 1.165) is 6.29 Å². The highest BCUT2D eigenvalue weighted by atomic mass is 32.2. The van der Waals surface area contributed by atoms with Gasteiger partial charge < -0.3 is 4.79 Å². The van der Waals surface area contributed by atoms with Gasteiger partial charge in [-0.15, -0.1) is 0 Å². The van der Waals surface area contributed by atoms with Crippen molar-refractivity contribution in [2.75, 3.05) is 5.75 Å². The van der Waals surface area contributed by atoms with Crippen LogP contribution in [0.1, 0.15) is 13.8 Å². The van der Waals surface area contributed by atoms with E-state index in [9.17, 15) is 9.59 Å². The van der Waals surface area contributed by atoms with Crippen molar-refractivity contribution in [2.45, 2.75) is 13.8 Å². The summed E-state index contributed by atoms with van der Waals surface area (Å²) in [4.78, 5) is 20.3. The van der Waals surface area contributed by atoms with Crippen molar-refractivity contribution < 1.29 is 9.59 Å². The fraction of sp³-hybridized carbons (Fsp3) is 0.667. The van der Waals surface area contributed by atoms with E-state index in [4.69, 9.17) is 0 Å². The van der Waals surface area contributed by atoms with Gasteiger partial charge in [-0.3, -0.25) is 4.79 Å². The summed E-state index contributed by atoms with van der Waals surface area (Å²) in [5, 5.41) is 0.0729. The van der Waals surface area contributed by atoms with Crippen LogP contribution < -0.4 is 0 Å². The third-order valence-electron chi connectivity index (χ3n) is 0.782. The summed E-state index contributed by atoms with van der Waals surface area (Å²) in [5.74, 6) is 0.609. The van der Waals surface area contributed by atoms with Crippen molar-refractivity contribution in [2.24, 2.45) is 5.92 Å². The van der Waals surface area contributed by atoms with Crippen LogP contribution in [0.4, 0.5) is 0 Å². The molecular weight excluding hydrogens is 136 g/mol. The number of hydrogen-bond acceptors (Lipinski definition) is 3. The summed E-state index contributed by atoms with van der Waals surface area (Å²) >= 11 is 1.19. The van der Waals surface area contributed by atoms with E-state index >= 15 is 0 Å². The zero-order valence-corrected chi connectivity index (χ0v) is 6.40. The molecule has 0 N–H and O–H groups in total. The van der Waals surface area contributed by atoms with Gasteiger partial charge in [0.2, 0.25) is 0 Å². The van der Waals surface area contributed by atoms with E-state index in [-0.39, 0.29) is 11.0 Å². The molecule has 9 heavy (non-hydrogen) atoms. The molecule has 52 valence electrons. The van der Waals surface area contributed by atoms with E-state index in [1.165, 1.54) is 18.7 Å². The van der Waals surface area contributed by atoms with Gasteiger partial charge in [-0.05, 0) is 0 Å². The first-order valence-corrected chi connectivity index (χ1v) is 3.74. The number of carbonyl (C=O) groups is 2. The van der Waals surface area contributed by atoms with Gasteiger partial charge in [-0.25, -0.2) is 0 Å². The molecule has 0 aliphatic rings. The highest BCUT2D eigenvalue weighted by Crippen LogP contribution is 2.05. The number of hydrogen-bond donors (Lipinski definition) is 0. The van der Waals surface area contributed by atoms with Crippen LogP contribution >= 0.6 is 11.8 Å². The minimum Gasteiger partial charge on any atom is -0.303 e. The Morgan fingerprint density at radius 3 is 2.67 bits per heavy atom. The Bertz CT molecular complexity index is 112. The van der Waals surface area contributed by atoms with E-state index < -0.39 is 0 Å². The molecule has 0 radical (unpaired) electrons. The number of carbonyl (C=O) groups excluding carboxylic acids is 2. The maximum absolute atomic E-state index is 10.3. The third-order valence-corrected chi connectivity index (χ3v) is 1.88. The topological polar surface area (TPSA) is 34.1 Å². The second-order valence-electron chi connectivity index (χ2n) is 1.92. The average Bonchev–Trinajstić information content (AvgIpc) is 1.83. The van der Waals surface area contributed by atoms with Crippen LogP contribution in [-0.4, -0.2) is 17.2 Å². The van der Waals surface area contributed by atoms with Crippen LogP contribution in [0.3, 0.4) is 0 Å². The molecule has 0 heterocycles. The predicted molar refractivity (Wildman–Crippen MR) is 38.4 cm³/mol. The molecule has 0 aromatic carbocycles. The fourth-order valence-corrected chi connectivity index (χ4v) is 0.864. The fourth-order valence-electron chi connectivity index (χ4n) is 0.288. The van der Waals surface area contributed by atoms with Crippen LogP contribution in [0.15, 0.2) is 0 Å². The van der Waals surface area contributed by atoms with E-state index in [2.05, 4.69) is 0 Å². The maximum Gasteiger partial charge on any atom is 0.185 e. The maximum atomic E-state index is 10.3. The summed E-state index contributed by atoms with van der Waals surface area (Å²) < 4.78 is 0. The molecule has 1 atom stereocenters. The Hall–Kier alpha value is -0.310. The molecule has 2 nitrogen and oxygen atoms in total. The molecule has 0 aliphatic carbocycles. The minimum atomic E-state index is -0.00102. The molecule has 1 unspecified atom stereocenters. The van der Waals surface area contributed by atoms with Gasteiger partial charge in [0, 0.05) is 18.6 Å². The molecule has 0 saturated carbocycles. The number of thioether (sulfide) groups is 1. The lowest BCUT2D eigenvalue weighted by Crippen LogP contribution is -2.00. The smallest absolute Gasteiger partial charge is 0.185 e. The molecule has 0 fully saturated rings. The Kier molecular flexibility index (Phi) is 4.40. The summed E-state index contributed by atoms with van der Waals surface area (Å²) in [6.45, 7) is 3.30. The molecule has 0 saturated heterocycles. The first-order valence-electron chi connectivity index (χ1n) is 2.75. The van der Waals surface area contributed by atoms with Crippen LogP contribution in [-0.2, 0) is 9.59 Å². The lowest BCUT2D eigenvalue weighted by Gasteiger charge is -1.97. The lowest BCUT2D eigenvalue weighted by molar-refractivity contribution is -0.110. The first-order chi connectivity index (χ1) is 4.16.